The van der Waals surface area contributed by atoms with Crippen molar-refractivity contribution in [3.63, 3.8) is 0 Å². The summed E-state index contributed by atoms with van der Waals surface area (Å²) in [5, 5.41) is 23.1. The number of aromatic nitrogens is 2. The summed E-state index contributed by atoms with van der Waals surface area (Å²) in [6.45, 7) is 8.21. The van der Waals surface area contributed by atoms with Crippen molar-refractivity contribution in [1.29, 1.82) is 0 Å². The van der Waals surface area contributed by atoms with Gasteiger partial charge in [-0.25, -0.2) is 9.97 Å². The number of halogens is 1. The Balaban J connectivity index is 1.91. The molecule has 1 aromatic rings. The van der Waals surface area contributed by atoms with E-state index in [2.05, 4.69) is 9.97 Å². The van der Waals surface area contributed by atoms with Gasteiger partial charge in [0.1, 0.15) is 30.9 Å². The summed E-state index contributed by atoms with van der Waals surface area (Å²) in [4.78, 5) is 48.2. The van der Waals surface area contributed by atoms with Crippen LogP contribution in [0.4, 0.5) is 4.39 Å². The lowest BCUT2D eigenvalue weighted by atomic mass is 9.79. The van der Waals surface area contributed by atoms with Gasteiger partial charge in [0, 0.05) is 42.1 Å². The number of aliphatic hydroxyl groups is 2. The number of aldehydes is 1. The molecule has 0 aromatic carbocycles. The van der Waals surface area contributed by atoms with Crippen molar-refractivity contribution in [2.24, 2.45) is 23.7 Å². The van der Waals surface area contributed by atoms with Crippen molar-refractivity contribution in [2.75, 3.05) is 27.4 Å². The number of rotatable bonds is 11. The van der Waals surface area contributed by atoms with Gasteiger partial charge in [0.15, 0.2) is 12.1 Å². The van der Waals surface area contributed by atoms with Crippen LogP contribution in [0.2, 0.25) is 0 Å². The molecule has 3 heterocycles. The third kappa shape index (κ3) is 12.2. The average Bonchev–Trinajstić information content (AvgIpc) is 3.10. The lowest BCUT2D eigenvalue weighted by molar-refractivity contribution is -0.308. The number of aliphatic hydroxyl groups excluding tert-OH is 2. The van der Waals surface area contributed by atoms with Crippen molar-refractivity contribution in [2.45, 2.75) is 109 Å². The second-order valence-corrected chi connectivity index (χ2v) is 14.0. The molecule has 13 heteroatoms. The number of carbonyl (C=O) groups excluding carboxylic acids is 3. The molecule has 0 amide bonds. The fourth-order valence-electron chi connectivity index (χ4n) is 6.86. The molecule has 284 valence electrons. The molecule has 0 bridgehead atoms. The third-order valence-corrected chi connectivity index (χ3v) is 9.77. The first kappa shape index (κ1) is 42.2. The first-order valence-corrected chi connectivity index (χ1v) is 17.8. The number of esters is 1. The minimum absolute atomic E-state index is 0.0114. The average molecular weight is 718 g/mol. The minimum atomic E-state index is -1.30. The van der Waals surface area contributed by atoms with Gasteiger partial charge in [-0.2, -0.15) is 0 Å². The Labute approximate surface area is 301 Å². The number of cyclic esters (lactones) is 1. The molecule has 1 saturated heterocycles. The summed E-state index contributed by atoms with van der Waals surface area (Å²) in [6, 6.07) is -0.575. The van der Waals surface area contributed by atoms with E-state index in [1.807, 2.05) is 38.1 Å². The van der Waals surface area contributed by atoms with Crippen LogP contribution < -0.4 is 0 Å². The zero-order chi connectivity index (χ0) is 37.7. The second-order valence-electron chi connectivity index (χ2n) is 14.0. The summed E-state index contributed by atoms with van der Waals surface area (Å²) < 4.78 is 38.7. The van der Waals surface area contributed by atoms with Crippen LogP contribution >= 0.6 is 0 Å². The third-order valence-electron chi connectivity index (χ3n) is 9.77. The van der Waals surface area contributed by atoms with Crippen LogP contribution in [0.5, 0.6) is 0 Å². The van der Waals surface area contributed by atoms with Gasteiger partial charge in [-0.05, 0) is 52.8 Å². The Morgan fingerprint density at radius 1 is 1.10 bits per heavy atom. The molecule has 0 saturated carbocycles. The fraction of sp³-hybridized carbons (Fsp3) is 0.658. The van der Waals surface area contributed by atoms with Crippen LogP contribution in [-0.2, 0) is 33.3 Å². The van der Waals surface area contributed by atoms with E-state index in [9.17, 15) is 29.0 Å². The summed E-state index contributed by atoms with van der Waals surface area (Å²) in [5.41, 5.74) is 1.44. The monoisotopic (exact) mass is 717 g/mol. The van der Waals surface area contributed by atoms with Crippen molar-refractivity contribution in [1.82, 2.24) is 14.9 Å². The second kappa shape index (κ2) is 20.7. The molecule has 2 aliphatic rings. The van der Waals surface area contributed by atoms with Crippen LogP contribution in [-0.4, -0.2) is 119 Å². The number of ketones is 1. The van der Waals surface area contributed by atoms with E-state index in [4.69, 9.17) is 18.9 Å². The molecule has 2 aliphatic heterocycles. The number of allylic oxidation sites excluding steroid dienone is 3. The zero-order valence-electron chi connectivity index (χ0n) is 30.8. The molecule has 0 radical (unpaired) electrons. The topological polar surface area (TPSA) is 158 Å². The van der Waals surface area contributed by atoms with E-state index < -0.39 is 91.7 Å². The van der Waals surface area contributed by atoms with Gasteiger partial charge in [-0.3, -0.25) is 14.0 Å². The maximum atomic E-state index is 14.1. The van der Waals surface area contributed by atoms with Crippen LogP contribution in [0.25, 0.3) is 6.08 Å². The van der Waals surface area contributed by atoms with Crippen molar-refractivity contribution >= 4 is 24.1 Å². The number of carbonyl (C=O) groups is 3. The van der Waals surface area contributed by atoms with Crippen LogP contribution in [0, 0.1) is 23.7 Å². The predicted octanol–water partition coefficient (Wildman–Crippen LogP) is 3.91. The van der Waals surface area contributed by atoms with Crippen molar-refractivity contribution in [3.8, 4) is 0 Å². The molecular weight excluding hydrogens is 661 g/mol. The molecule has 3 rings (SSSR count). The number of alkyl halides is 1. The lowest BCUT2D eigenvalue weighted by Gasteiger charge is -2.48. The number of hydrogen-bond donors (Lipinski definition) is 2. The van der Waals surface area contributed by atoms with Gasteiger partial charge in [-0.1, -0.05) is 50.6 Å². The van der Waals surface area contributed by atoms with Gasteiger partial charge in [0.05, 0.1) is 44.1 Å². The maximum Gasteiger partial charge on any atom is 0.308 e. The molecule has 0 spiro atoms. The van der Waals surface area contributed by atoms with Gasteiger partial charge < -0.3 is 38.9 Å². The highest BCUT2D eigenvalue weighted by Gasteiger charge is 2.48. The quantitative estimate of drug-likeness (QED) is 0.252. The highest BCUT2D eigenvalue weighted by molar-refractivity contribution is 5.91. The van der Waals surface area contributed by atoms with E-state index in [0.717, 1.165) is 11.8 Å². The van der Waals surface area contributed by atoms with Gasteiger partial charge in [0.2, 0.25) is 0 Å². The Hall–Kier alpha value is -3.20. The van der Waals surface area contributed by atoms with Crippen molar-refractivity contribution < 1.29 is 47.9 Å². The lowest BCUT2D eigenvalue weighted by Crippen LogP contribution is -2.64. The van der Waals surface area contributed by atoms with E-state index >= 15 is 0 Å². The fourth-order valence-corrected chi connectivity index (χ4v) is 6.86. The van der Waals surface area contributed by atoms with E-state index in [-0.39, 0.29) is 25.2 Å². The van der Waals surface area contributed by atoms with E-state index in [0.29, 0.717) is 12.0 Å². The molecule has 2 N–H and O–H groups in total. The van der Waals surface area contributed by atoms with Crippen molar-refractivity contribution in [3.05, 3.63) is 54.2 Å². The summed E-state index contributed by atoms with van der Waals surface area (Å²) in [7, 11) is 3.62. The summed E-state index contributed by atoms with van der Waals surface area (Å²) in [5.74, 6) is -3.55. The Kier molecular flexibility index (Phi) is 17.2. The first-order valence-electron chi connectivity index (χ1n) is 17.8. The van der Waals surface area contributed by atoms with Gasteiger partial charge in [0.25, 0.3) is 0 Å². The standard InChI is InChI=1S/C38H56FN3O9/c1-8-32-29(19-39)16-23(2)11-12-30(44)24(3)17-28(13-14-43)36(25(4)31(45)18-33(46)50-32)51-38-35(47)34(42(6)7)37(26(5)49-38)48-15-9-10-27-20-40-22-41-21-27/h9-12,14,16,20-22,24-26,28-29,31-32,34-38,45,47H,8,13,15,17-19H2,1-7H3/b10-9+,12-11+,23-16+/t24-,25+,26-,28+,29-,31-,32-,34-,35-,36-,37-,38+/m1/s1. The molecular formula is C38H56FN3O9. The predicted molar refractivity (Wildman–Crippen MR) is 189 cm³/mol. The molecule has 0 aliphatic carbocycles. The molecule has 12 nitrogen and oxygen atoms in total. The van der Waals surface area contributed by atoms with E-state index in [1.54, 1.807) is 52.2 Å². The molecule has 51 heavy (non-hydrogen) atoms. The Morgan fingerprint density at radius 2 is 1.80 bits per heavy atom. The summed E-state index contributed by atoms with van der Waals surface area (Å²) in [6.07, 6.45) is 7.43. The highest BCUT2D eigenvalue weighted by Crippen LogP contribution is 2.35. The van der Waals surface area contributed by atoms with Crippen LogP contribution in [0.1, 0.15) is 65.9 Å². The molecule has 1 fully saturated rings. The molecule has 0 unspecified atom stereocenters. The Bertz CT molecular complexity index is 1340. The molecule has 12 atom stereocenters. The number of nitrogens with zero attached hydrogens (tertiary/aromatic N) is 3. The Morgan fingerprint density at radius 3 is 2.43 bits per heavy atom. The minimum Gasteiger partial charge on any atom is -0.462 e. The molecule has 1 aromatic heterocycles. The maximum absolute atomic E-state index is 14.1. The largest absolute Gasteiger partial charge is 0.462 e. The smallest absolute Gasteiger partial charge is 0.308 e. The summed E-state index contributed by atoms with van der Waals surface area (Å²) >= 11 is 0. The van der Waals surface area contributed by atoms with Gasteiger partial charge >= 0.3 is 5.97 Å². The van der Waals surface area contributed by atoms with E-state index in [1.165, 1.54) is 12.4 Å². The van der Waals surface area contributed by atoms with Crippen LogP contribution in [0.15, 0.2) is 48.6 Å². The zero-order valence-corrected chi connectivity index (χ0v) is 30.8. The number of likely N-dealkylation sites (N-methyl/N-ethyl adjacent to an activating group) is 1. The SMILES string of the molecule is CC[C@H]1OC(=O)C[C@@H](O)[C@H](C)[C@@H](O[C@@H]2O[C@H](C)[C@@H](OC/C=C/c3cncnc3)[C@H](N(C)C)[C@H]2O)[C@@H](CC=O)C[C@@H](C)C(=O)/C=C/C(C)=C/[C@@H]1CF. The van der Waals surface area contributed by atoms with Gasteiger partial charge in [-0.15, -0.1) is 0 Å². The first-order chi connectivity index (χ1) is 24.3. The normalized spacial score (nSPS) is 36.4. The number of hydrogen-bond acceptors (Lipinski definition) is 12. The van der Waals surface area contributed by atoms with Crippen LogP contribution in [0.3, 0.4) is 0 Å². The number of ether oxygens (including phenoxy) is 4. The highest BCUT2D eigenvalue weighted by atomic mass is 19.1.